The first kappa shape index (κ1) is 32.9. The zero-order valence-electron chi connectivity index (χ0n) is 20.1. The number of hydrogen-bond donors (Lipinski definition) is 3. The normalized spacial score (nSPS) is 7.31. The van der Waals surface area contributed by atoms with Gasteiger partial charge in [0.25, 0.3) is 0 Å². The van der Waals surface area contributed by atoms with Crippen LogP contribution in [0.15, 0.2) is 109 Å². The van der Waals surface area contributed by atoms with Crippen molar-refractivity contribution in [1.29, 1.82) is 0 Å². The third-order valence-electron chi connectivity index (χ3n) is 2.84. The minimum Gasteiger partial charge on any atom is -0.453 e. The fraction of sp³-hybridized carbons (Fsp3) is 0.231. The smallest absolute Gasteiger partial charge is 0.406 e. The predicted molar refractivity (Wildman–Crippen MR) is 136 cm³/mol. The minimum atomic E-state index is -0.407. The maximum absolute atomic E-state index is 9.96. The maximum atomic E-state index is 9.96. The lowest BCUT2D eigenvalue weighted by Crippen LogP contribution is -2.28. The molecule has 0 atom stereocenters. The molecule has 0 saturated carbocycles. The molecule has 3 aromatic rings. The number of alkyl carbamates (subject to hydrolysis) is 1. The molecule has 0 aliphatic heterocycles. The van der Waals surface area contributed by atoms with Crippen LogP contribution in [0.1, 0.15) is 13.8 Å². The van der Waals surface area contributed by atoms with Crippen LogP contribution in [-0.4, -0.2) is 40.4 Å². The van der Waals surface area contributed by atoms with Crippen molar-refractivity contribution in [2.24, 2.45) is 0 Å². The van der Waals surface area contributed by atoms with Gasteiger partial charge in [0, 0.05) is 21.1 Å². The van der Waals surface area contributed by atoms with E-state index in [1.165, 1.54) is 14.2 Å². The van der Waals surface area contributed by atoms with Crippen LogP contribution >= 0.6 is 0 Å². The molecule has 0 bridgehead atoms. The molecular weight excluding hydrogens is 402 g/mol. The highest BCUT2D eigenvalue weighted by Gasteiger charge is 1.85. The van der Waals surface area contributed by atoms with Crippen LogP contribution in [0.2, 0.25) is 0 Å². The fourth-order valence-corrected chi connectivity index (χ4v) is 1.38. The van der Waals surface area contributed by atoms with Crippen molar-refractivity contribution in [2.75, 3.05) is 28.3 Å². The van der Waals surface area contributed by atoms with Crippen LogP contribution in [0.3, 0.4) is 0 Å². The van der Waals surface area contributed by atoms with Crippen molar-refractivity contribution in [3.63, 3.8) is 0 Å². The first-order valence-electron chi connectivity index (χ1n) is 10.3. The molecule has 0 saturated heterocycles. The Morgan fingerprint density at radius 1 is 0.469 bits per heavy atom. The van der Waals surface area contributed by atoms with Gasteiger partial charge in [0.2, 0.25) is 0 Å². The summed E-state index contributed by atoms with van der Waals surface area (Å²) in [6.45, 7) is 4.00. The van der Waals surface area contributed by atoms with E-state index in [-0.39, 0.29) is 6.03 Å². The van der Waals surface area contributed by atoms with E-state index in [1.807, 2.05) is 123 Å². The Kier molecular flexibility index (Phi) is 32.7. The molecule has 3 amide bonds. The summed E-state index contributed by atoms with van der Waals surface area (Å²) < 4.78 is 4.15. The van der Waals surface area contributed by atoms with Crippen molar-refractivity contribution in [3.8, 4) is 0 Å². The van der Waals surface area contributed by atoms with Gasteiger partial charge in [0.1, 0.15) is 0 Å². The number of ether oxygens (including phenoxy) is 1. The number of carbonyl (C=O) groups excluding carboxylic acids is 2. The molecule has 6 heteroatoms. The summed E-state index contributed by atoms with van der Waals surface area (Å²) in [5, 5.41) is 6.98. The predicted octanol–water partition coefficient (Wildman–Crippen LogP) is 5.60. The summed E-state index contributed by atoms with van der Waals surface area (Å²) in [4.78, 5) is 19.8. The lowest BCUT2D eigenvalue weighted by atomic mass is 10.4. The Bertz CT molecular complexity index is 514. The largest absolute Gasteiger partial charge is 0.453 e. The third-order valence-corrected chi connectivity index (χ3v) is 2.84. The molecular formula is C26H39N3O3. The molecule has 0 aromatic heterocycles. The summed E-state index contributed by atoms with van der Waals surface area (Å²) in [5.74, 6) is 0. The number of rotatable bonds is 0. The number of benzene rings is 3. The van der Waals surface area contributed by atoms with Crippen LogP contribution in [0.25, 0.3) is 0 Å². The number of methoxy groups -OCH3 is 1. The second-order valence-corrected chi connectivity index (χ2v) is 5.03. The highest BCUT2D eigenvalue weighted by Crippen LogP contribution is 1.81. The quantitative estimate of drug-likeness (QED) is 0.425. The molecule has 0 unspecified atom stereocenters. The van der Waals surface area contributed by atoms with Gasteiger partial charge >= 0.3 is 12.1 Å². The summed E-state index contributed by atoms with van der Waals surface area (Å²) in [6.07, 6.45) is -0.407. The SMILES string of the molecule is CC.CNC(=O)NC.CNC(=O)OC.c1ccccc1.c1ccccc1.c1ccccc1. The summed E-state index contributed by atoms with van der Waals surface area (Å²) in [6, 6.07) is 35.8. The molecule has 0 fully saturated rings. The lowest BCUT2D eigenvalue weighted by Gasteiger charge is -1.91. The maximum Gasteiger partial charge on any atom is 0.406 e. The standard InChI is InChI=1S/3C6H6.C3H8N2O.C3H7NO2.C2H6/c3*1-2-4-6-5-3-1;1-4-3(6)5-2;1-4-3(5)6-2;1-2/h3*1-6H;1-2H3,(H2,4,5,6);1-2H3,(H,4,5);1-2H3. The molecule has 3 aromatic carbocycles. The van der Waals surface area contributed by atoms with Gasteiger partial charge < -0.3 is 20.7 Å². The van der Waals surface area contributed by atoms with E-state index >= 15 is 0 Å². The van der Waals surface area contributed by atoms with Crippen molar-refractivity contribution in [3.05, 3.63) is 109 Å². The number of carbonyl (C=O) groups is 2. The van der Waals surface area contributed by atoms with Crippen molar-refractivity contribution in [2.45, 2.75) is 13.8 Å². The van der Waals surface area contributed by atoms with Crippen LogP contribution in [0.5, 0.6) is 0 Å². The number of nitrogens with one attached hydrogen (secondary N) is 3. The Labute approximate surface area is 194 Å². The summed E-state index contributed by atoms with van der Waals surface area (Å²) in [7, 11) is 5.96. The van der Waals surface area contributed by atoms with Gasteiger partial charge in [-0.2, -0.15) is 0 Å². The number of urea groups is 1. The third kappa shape index (κ3) is 33.8. The molecule has 3 rings (SSSR count). The molecule has 32 heavy (non-hydrogen) atoms. The molecule has 0 radical (unpaired) electrons. The van der Waals surface area contributed by atoms with E-state index in [0.717, 1.165) is 0 Å². The van der Waals surface area contributed by atoms with Crippen molar-refractivity contribution < 1.29 is 14.3 Å². The number of amides is 3. The van der Waals surface area contributed by atoms with Crippen molar-refractivity contribution >= 4 is 12.1 Å². The first-order chi connectivity index (χ1) is 15.6. The second-order valence-electron chi connectivity index (χ2n) is 5.03. The van der Waals surface area contributed by atoms with Crippen LogP contribution in [0.4, 0.5) is 9.59 Å². The van der Waals surface area contributed by atoms with Gasteiger partial charge in [0.05, 0.1) is 7.11 Å². The van der Waals surface area contributed by atoms with E-state index < -0.39 is 6.09 Å². The zero-order chi connectivity index (χ0) is 24.7. The number of hydrogen-bond acceptors (Lipinski definition) is 3. The Hall–Kier alpha value is -3.80. The van der Waals surface area contributed by atoms with Gasteiger partial charge in [0.15, 0.2) is 0 Å². The monoisotopic (exact) mass is 441 g/mol. The van der Waals surface area contributed by atoms with Gasteiger partial charge in [-0.3, -0.25) is 0 Å². The summed E-state index contributed by atoms with van der Waals surface area (Å²) in [5.41, 5.74) is 0. The van der Waals surface area contributed by atoms with E-state index in [9.17, 15) is 9.59 Å². The van der Waals surface area contributed by atoms with E-state index in [2.05, 4.69) is 20.7 Å². The zero-order valence-corrected chi connectivity index (χ0v) is 20.1. The molecule has 0 spiro atoms. The Morgan fingerprint density at radius 3 is 0.688 bits per heavy atom. The average Bonchev–Trinajstić information content (AvgIpc) is 2.93. The van der Waals surface area contributed by atoms with Crippen LogP contribution < -0.4 is 16.0 Å². The first-order valence-corrected chi connectivity index (χ1v) is 10.3. The van der Waals surface area contributed by atoms with E-state index in [0.29, 0.717) is 0 Å². The van der Waals surface area contributed by atoms with E-state index in [1.54, 1.807) is 14.1 Å². The van der Waals surface area contributed by atoms with Gasteiger partial charge in [-0.05, 0) is 0 Å². The Morgan fingerprint density at radius 2 is 0.656 bits per heavy atom. The summed E-state index contributed by atoms with van der Waals surface area (Å²) >= 11 is 0. The Balaban J connectivity index is -0.000000322. The van der Waals surface area contributed by atoms with Gasteiger partial charge in [-0.1, -0.05) is 123 Å². The fourth-order valence-electron chi connectivity index (χ4n) is 1.38. The lowest BCUT2D eigenvalue weighted by molar-refractivity contribution is 0.173. The molecule has 6 nitrogen and oxygen atoms in total. The minimum absolute atomic E-state index is 0.157. The molecule has 176 valence electrons. The topological polar surface area (TPSA) is 79.5 Å². The molecule has 0 aliphatic rings. The second kappa shape index (κ2) is 31.9. The highest BCUT2D eigenvalue weighted by atomic mass is 16.5. The van der Waals surface area contributed by atoms with Crippen LogP contribution in [-0.2, 0) is 4.74 Å². The molecule has 0 heterocycles. The molecule has 0 aliphatic carbocycles. The van der Waals surface area contributed by atoms with Crippen LogP contribution in [0, 0.1) is 0 Å². The van der Waals surface area contributed by atoms with Gasteiger partial charge in [-0.25, -0.2) is 9.59 Å². The highest BCUT2D eigenvalue weighted by molar-refractivity contribution is 5.72. The van der Waals surface area contributed by atoms with Crippen molar-refractivity contribution in [1.82, 2.24) is 16.0 Å². The average molecular weight is 442 g/mol. The van der Waals surface area contributed by atoms with Gasteiger partial charge in [-0.15, -0.1) is 0 Å². The van der Waals surface area contributed by atoms with E-state index in [4.69, 9.17) is 0 Å². The molecule has 3 N–H and O–H groups in total.